The van der Waals surface area contributed by atoms with Crippen molar-refractivity contribution in [3.8, 4) is 0 Å². The number of hydrogen-bond donors (Lipinski definition) is 1. The third-order valence-electron chi connectivity index (χ3n) is 6.31. The van der Waals surface area contributed by atoms with Crippen molar-refractivity contribution in [2.24, 2.45) is 5.92 Å². The fraction of sp³-hybridized carbons (Fsp3) is 0.435. The molecule has 2 aromatic carbocycles. The zero-order chi connectivity index (χ0) is 18.9. The van der Waals surface area contributed by atoms with Crippen molar-refractivity contribution >= 4 is 11.0 Å². The number of fused-ring (bicyclic) bond motifs is 1. The van der Waals surface area contributed by atoms with Crippen LogP contribution < -0.4 is 5.69 Å². The van der Waals surface area contributed by atoms with Crippen LogP contribution in [0.2, 0.25) is 0 Å². The van der Waals surface area contributed by atoms with E-state index in [2.05, 4.69) is 40.2 Å². The van der Waals surface area contributed by atoms with E-state index < -0.39 is 0 Å². The molecule has 146 valence electrons. The number of piperidine rings is 1. The zero-order valence-corrected chi connectivity index (χ0v) is 16.1. The Bertz CT molecular complexity index is 986. The molecule has 0 bridgehead atoms. The van der Waals surface area contributed by atoms with E-state index in [0.717, 1.165) is 56.5 Å². The smallest absolute Gasteiger partial charge is 0.326 e. The van der Waals surface area contributed by atoms with Crippen molar-refractivity contribution in [1.82, 2.24) is 14.5 Å². The summed E-state index contributed by atoms with van der Waals surface area (Å²) >= 11 is 0. The van der Waals surface area contributed by atoms with Crippen molar-refractivity contribution in [2.75, 3.05) is 26.2 Å². The van der Waals surface area contributed by atoms with Crippen molar-refractivity contribution in [2.45, 2.75) is 31.4 Å². The molecular formula is C23H27N3O2. The molecule has 3 aromatic rings. The summed E-state index contributed by atoms with van der Waals surface area (Å²) in [4.78, 5) is 18.0. The average Bonchev–Trinajstić information content (AvgIpc) is 3.33. The molecule has 28 heavy (non-hydrogen) atoms. The molecular weight excluding hydrogens is 350 g/mol. The molecule has 2 unspecified atom stereocenters. The predicted molar refractivity (Wildman–Crippen MR) is 111 cm³/mol. The molecule has 2 aliphatic heterocycles. The van der Waals surface area contributed by atoms with Crippen LogP contribution in [0.5, 0.6) is 0 Å². The summed E-state index contributed by atoms with van der Waals surface area (Å²) in [6.45, 7) is 4.03. The number of benzene rings is 2. The van der Waals surface area contributed by atoms with Gasteiger partial charge in [0, 0.05) is 25.7 Å². The minimum atomic E-state index is 0.0227. The molecule has 3 heterocycles. The van der Waals surface area contributed by atoms with Crippen LogP contribution in [-0.2, 0) is 4.74 Å². The summed E-state index contributed by atoms with van der Waals surface area (Å²) in [5, 5.41) is 0. The summed E-state index contributed by atoms with van der Waals surface area (Å²) < 4.78 is 8.03. The Morgan fingerprint density at radius 1 is 1.00 bits per heavy atom. The van der Waals surface area contributed by atoms with Gasteiger partial charge in [-0.15, -0.1) is 0 Å². The summed E-state index contributed by atoms with van der Waals surface area (Å²) in [5.74, 6) is 0.595. The molecule has 1 aromatic heterocycles. The number of rotatable bonds is 4. The Kier molecular flexibility index (Phi) is 4.79. The van der Waals surface area contributed by atoms with Gasteiger partial charge in [0.1, 0.15) is 0 Å². The van der Waals surface area contributed by atoms with Crippen molar-refractivity contribution in [1.29, 1.82) is 0 Å². The molecule has 5 rings (SSSR count). The van der Waals surface area contributed by atoms with E-state index in [4.69, 9.17) is 4.74 Å². The summed E-state index contributed by atoms with van der Waals surface area (Å²) in [5.41, 5.74) is 3.28. The third-order valence-corrected chi connectivity index (χ3v) is 6.31. The molecule has 5 heteroatoms. The van der Waals surface area contributed by atoms with Crippen LogP contribution in [0.3, 0.4) is 0 Å². The Morgan fingerprint density at radius 2 is 1.75 bits per heavy atom. The van der Waals surface area contributed by atoms with E-state index in [1.807, 2.05) is 28.8 Å². The van der Waals surface area contributed by atoms with Crippen molar-refractivity contribution < 1.29 is 4.74 Å². The van der Waals surface area contributed by atoms with E-state index in [-0.39, 0.29) is 17.8 Å². The van der Waals surface area contributed by atoms with Crippen LogP contribution in [0.25, 0.3) is 11.0 Å². The maximum absolute atomic E-state index is 12.4. The average molecular weight is 377 g/mol. The van der Waals surface area contributed by atoms with Gasteiger partial charge in [-0.1, -0.05) is 42.5 Å². The topological polar surface area (TPSA) is 50.3 Å². The number of aromatic nitrogens is 2. The van der Waals surface area contributed by atoms with E-state index >= 15 is 0 Å². The van der Waals surface area contributed by atoms with Gasteiger partial charge < -0.3 is 14.6 Å². The molecule has 5 nitrogen and oxygen atoms in total. The third kappa shape index (κ3) is 3.40. The van der Waals surface area contributed by atoms with Crippen LogP contribution >= 0.6 is 0 Å². The van der Waals surface area contributed by atoms with Crippen LogP contribution in [-0.4, -0.2) is 40.7 Å². The maximum Gasteiger partial charge on any atom is 0.326 e. The first-order valence-corrected chi connectivity index (χ1v) is 10.4. The summed E-state index contributed by atoms with van der Waals surface area (Å²) in [6.07, 6.45) is 3.40. The number of nitrogens with zero attached hydrogens (tertiary/aromatic N) is 2. The first kappa shape index (κ1) is 17.7. The lowest BCUT2D eigenvalue weighted by atomic mass is 9.98. The van der Waals surface area contributed by atoms with Crippen molar-refractivity contribution in [3.63, 3.8) is 0 Å². The molecule has 0 radical (unpaired) electrons. The highest BCUT2D eigenvalue weighted by atomic mass is 16.5. The number of para-hydroxylation sites is 2. The highest BCUT2D eigenvalue weighted by Crippen LogP contribution is 2.33. The second kappa shape index (κ2) is 7.57. The lowest BCUT2D eigenvalue weighted by Gasteiger charge is -2.33. The van der Waals surface area contributed by atoms with Crippen LogP contribution in [0.15, 0.2) is 59.4 Å². The fourth-order valence-electron chi connectivity index (χ4n) is 4.88. The summed E-state index contributed by atoms with van der Waals surface area (Å²) in [7, 11) is 0. The largest absolute Gasteiger partial charge is 0.373 e. The van der Waals surface area contributed by atoms with Gasteiger partial charge in [-0.2, -0.15) is 0 Å². The molecule has 0 aliphatic carbocycles. The van der Waals surface area contributed by atoms with Gasteiger partial charge in [-0.25, -0.2) is 4.79 Å². The molecule has 2 fully saturated rings. The quantitative estimate of drug-likeness (QED) is 0.753. The second-order valence-corrected chi connectivity index (χ2v) is 8.18. The van der Waals surface area contributed by atoms with Gasteiger partial charge in [0.05, 0.1) is 23.7 Å². The molecule has 1 N–H and O–H groups in total. The zero-order valence-electron chi connectivity index (χ0n) is 16.1. The number of H-pyrrole nitrogens is 1. The van der Waals surface area contributed by atoms with Crippen LogP contribution in [0, 0.1) is 5.92 Å². The second-order valence-electron chi connectivity index (χ2n) is 8.18. The van der Waals surface area contributed by atoms with E-state index in [1.54, 1.807) is 0 Å². The highest BCUT2D eigenvalue weighted by molar-refractivity contribution is 5.75. The van der Waals surface area contributed by atoms with Crippen molar-refractivity contribution in [3.05, 3.63) is 70.6 Å². The van der Waals surface area contributed by atoms with E-state index in [9.17, 15) is 4.79 Å². The lowest BCUT2D eigenvalue weighted by molar-refractivity contribution is 0.100. The highest BCUT2D eigenvalue weighted by Gasteiger charge is 2.30. The Balaban J connectivity index is 1.19. The van der Waals surface area contributed by atoms with Gasteiger partial charge in [0.2, 0.25) is 0 Å². The number of imidazole rings is 1. The van der Waals surface area contributed by atoms with Gasteiger partial charge >= 0.3 is 5.69 Å². The fourth-order valence-corrected chi connectivity index (χ4v) is 4.88. The minimum absolute atomic E-state index is 0.0227. The number of nitrogens with one attached hydrogen (secondary N) is 1. The van der Waals surface area contributed by atoms with E-state index in [0.29, 0.717) is 5.92 Å². The number of ether oxygens (including phenoxy) is 1. The number of hydrogen-bond acceptors (Lipinski definition) is 3. The SMILES string of the molecule is O=c1[nH]c2ccccc2n1C1CCN(CC2COC(c3ccccc3)C2)CC1. The van der Waals surface area contributed by atoms with Crippen LogP contribution in [0.1, 0.15) is 37.0 Å². The minimum Gasteiger partial charge on any atom is -0.373 e. The monoisotopic (exact) mass is 377 g/mol. The Morgan fingerprint density at radius 3 is 2.57 bits per heavy atom. The first-order valence-electron chi connectivity index (χ1n) is 10.4. The maximum atomic E-state index is 12.4. The van der Waals surface area contributed by atoms with Gasteiger partial charge in [0.25, 0.3) is 0 Å². The van der Waals surface area contributed by atoms with E-state index in [1.165, 1.54) is 5.56 Å². The van der Waals surface area contributed by atoms with Gasteiger partial charge in [-0.3, -0.25) is 4.57 Å². The Hall–Kier alpha value is -2.37. The normalized spacial score (nSPS) is 24.1. The molecule has 2 aliphatic rings. The number of aromatic amines is 1. The lowest BCUT2D eigenvalue weighted by Crippen LogP contribution is -2.39. The van der Waals surface area contributed by atoms with Crippen LogP contribution in [0.4, 0.5) is 0 Å². The molecule has 2 atom stereocenters. The summed E-state index contributed by atoms with van der Waals surface area (Å²) in [6, 6.07) is 18.8. The molecule has 0 amide bonds. The molecule has 2 saturated heterocycles. The number of likely N-dealkylation sites (tertiary alicyclic amines) is 1. The Labute approximate surface area is 164 Å². The van der Waals surface area contributed by atoms with Gasteiger partial charge in [0.15, 0.2) is 0 Å². The standard InChI is InChI=1S/C23H27N3O2/c27-23-24-20-8-4-5-9-21(20)26(23)19-10-12-25(13-11-19)15-17-14-22(28-16-17)18-6-2-1-3-7-18/h1-9,17,19,22H,10-16H2,(H,24,27). The predicted octanol–water partition coefficient (Wildman–Crippen LogP) is 3.74. The molecule has 0 spiro atoms. The molecule has 0 saturated carbocycles. The van der Waals surface area contributed by atoms with Gasteiger partial charge in [-0.05, 0) is 42.9 Å². The first-order chi connectivity index (χ1) is 13.8.